The summed E-state index contributed by atoms with van der Waals surface area (Å²) in [5.74, 6) is -0.00967. The SMILES string of the molecule is CO[C@H]1C[C@@H](C(=O)O)N(C(=O)[C@@H](NC(=O)OCCCCCCc2ccc3c(c2)C2CC2C=C3)C(C)(C)C)C1. The number of likely N-dealkylation sites (tertiary alicyclic amines) is 1. The van der Waals surface area contributed by atoms with E-state index in [-0.39, 0.29) is 25.7 Å². The minimum absolute atomic E-state index is 0.180. The number of ether oxygens (including phenoxy) is 2. The fourth-order valence-electron chi connectivity index (χ4n) is 5.63. The molecular formula is C30H42N2O6. The van der Waals surface area contributed by atoms with Crippen molar-refractivity contribution >= 4 is 24.0 Å². The van der Waals surface area contributed by atoms with Gasteiger partial charge < -0.3 is 24.8 Å². The number of carboxylic acid groups (broad SMARTS) is 1. The van der Waals surface area contributed by atoms with E-state index in [2.05, 4.69) is 35.7 Å². The molecule has 0 radical (unpaired) electrons. The summed E-state index contributed by atoms with van der Waals surface area (Å²) < 4.78 is 10.7. The van der Waals surface area contributed by atoms with Crippen LogP contribution in [0.25, 0.3) is 6.08 Å². The van der Waals surface area contributed by atoms with Crippen molar-refractivity contribution in [3.05, 3.63) is 41.0 Å². The van der Waals surface area contributed by atoms with Crippen LogP contribution in [0, 0.1) is 11.3 Å². The van der Waals surface area contributed by atoms with Gasteiger partial charge in [0.15, 0.2) is 0 Å². The van der Waals surface area contributed by atoms with Crippen molar-refractivity contribution in [2.45, 2.75) is 89.8 Å². The lowest BCUT2D eigenvalue weighted by molar-refractivity contribution is -0.150. The van der Waals surface area contributed by atoms with E-state index in [4.69, 9.17) is 9.47 Å². The second kappa shape index (κ2) is 11.9. The number of carbonyl (C=O) groups excluding carboxylic acids is 2. The zero-order valence-electron chi connectivity index (χ0n) is 23.1. The molecule has 1 aliphatic heterocycles. The maximum Gasteiger partial charge on any atom is 0.407 e. The molecule has 1 aromatic carbocycles. The Bertz CT molecular complexity index is 1060. The van der Waals surface area contributed by atoms with Gasteiger partial charge in [-0.15, -0.1) is 0 Å². The molecule has 2 fully saturated rings. The predicted octanol–water partition coefficient (Wildman–Crippen LogP) is 4.76. The Kier molecular flexibility index (Phi) is 8.81. The molecule has 8 heteroatoms. The lowest BCUT2D eigenvalue weighted by atomic mass is 9.85. The third kappa shape index (κ3) is 6.76. The highest BCUT2D eigenvalue weighted by Crippen LogP contribution is 2.52. The van der Waals surface area contributed by atoms with Gasteiger partial charge in [-0.3, -0.25) is 4.79 Å². The summed E-state index contributed by atoms with van der Waals surface area (Å²) in [7, 11) is 1.50. The van der Waals surface area contributed by atoms with Crippen LogP contribution < -0.4 is 5.32 Å². The molecule has 2 aliphatic carbocycles. The molecule has 2 N–H and O–H groups in total. The first-order valence-electron chi connectivity index (χ1n) is 13.9. The summed E-state index contributed by atoms with van der Waals surface area (Å²) in [6.07, 6.45) is 10.0. The molecule has 1 saturated carbocycles. The Hall–Kier alpha value is -2.87. The van der Waals surface area contributed by atoms with Crippen molar-refractivity contribution in [2.75, 3.05) is 20.3 Å². The number of unbranched alkanes of at least 4 members (excludes halogenated alkanes) is 3. The lowest BCUT2D eigenvalue weighted by Crippen LogP contribution is -2.56. The number of aliphatic carboxylic acids is 1. The van der Waals surface area contributed by atoms with Crippen LogP contribution in [0.4, 0.5) is 4.79 Å². The van der Waals surface area contributed by atoms with Gasteiger partial charge in [-0.25, -0.2) is 9.59 Å². The normalized spacial score (nSPS) is 24.4. The van der Waals surface area contributed by atoms with Gasteiger partial charge in [0.05, 0.1) is 12.7 Å². The average molecular weight is 527 g/mol. The van der Waals surface area contributed by atoms with Crippen LogP contribution in [-0.4, -0.2) is 66.4 Å². The Balaban J connectivity index is 1.17. The van der Waals surface area contributed by atoms with Crippen LogP contribution in [0.1, 0.15) is 81.9 Å². The average Bonchev–Trinajstić information content (AvgIpc) is 3.55. The van der Waals surface area contributed by atoms with E-state index in [1.54, 1.807) is 0 Å². The second-order valence-corrected chi connectivity index (χ2v) is 12.0. The number of aryl methyl sites for hydroxylation is 1. The van der Waals surface area contributed by atoms with Crippen molar-refractivity contribution in [1.82, 2.24) is 10.2 Å². The third-order valence-electron chi connectivity index (χ3n) is 8.05. The van der Waals surface area contributed by atoms with Gasteiger partial charge in [-0.1, -0.05) is 64.0 Å². The largest absolute Gasteiger partial charge is 0.480 e. The summed E-state index contributed by atoms with van der Waals surface area (Å²) in [5.41, 5.74) is 3.67. The Labute approximate surface area is 225 Å². The Morgan fingerprint density at radius 1 is 1.13 bits per heavy atom. The topological polar surface area (TPSA) is 105 Å². The van der Waals surface area contributed by atoms with Crippen molar-refractivity contribution in [3.63, 3.8) is 0 Å². The minimum atomic E-state index is -1.08. The number of alkyl carbamates (subject to hydrolysis) is 1. The van der Waals surface area contributed by atoms with Gasteiger partial charge in [-0.05, 0) is 59.6 Å². The number of nitrogens with one attached hydrogen (secondary N) is 1. The number of rotatable bonds is 11. The van der Waals surface area contributed by atoms with Gasteiger partial charge in [0.1, 0.15) is 12.1 Å². The summed E-state index contributed by atoms with van der Waals surface area (Å²) in [5, 5.41) is 12.3. The van der Waals surface area contributed by atoms with Crippen LogP contribution in [0.3, 0.4) is 0 Å². The molecule has 38 heavy (non-hydrogen) atoms. The fourth-order valence-corrected chi connectivity index (χ4v) is 5.63. The van der Waals surface area contributed by atoms with Crippen LogP contribution in [0.2, 0.25) is 0 Å². The molecule has 3 aliphatic rings. The summed E-state index contributed by atoms with van der Waals surface area (Å²) in [4.78, 5) is 38.8. The van der Waals surface area contributed by atoms with Crippen molar-refractivity contribution < 1.29 is 29.0 Å². The monoisotopic (exact) mass is 526 g/mol. The zero-order valence-corrected chi connectivity index (χ0v) is 23.1. The highest BCUT2D eigenvalue weighted by molar-refractivity contribution is 5.90. The smallest absolute Gasteiger partial charge is 0.407 e. The Morgan fingerprint density at radius 2 is 1.89 bits per heavy atom. The van der Waals surface area contributed by atoms with Crippen molar-refractivity contribution in [1.29, 1.82) is 0 Å². The third-order valence-corrected chi connectivity index (χ3v) is 8.05. The van der Waals surface area contributed by atoms with E-state index >= 15 is 0 Å². The van der Waals surface area contributed by atoms with Gasteiger partial charge in [0.2, 0.25) is 5.91 Å². The first-order chi connectivity index (χ1) is 18.1. The summed E-state index contributed by atoms with van der Waals surface area (Å²) >= 11 is 0. The van der Waals surface area contributed by atoms with E-state index in [9.17, 15) is 19.5 Å². The number of allylic oxidation sites excluding steroid dienone is 1. The predicted molar refractivity (Wildman–Crippen MR) is 145 cm³/mol. The van der Waals surface area contributed by atoms with Gasteiger partial charge in [0, 0.05) is 20.1 Å². The number of hydrogen-bond acceptors (Lipinski definition) is 5. The first kappa shape index (κ1) is 28.1. The van der Waals surface area contributed by atoms with Crippen molar-refractivity contribution in [3.8, 4) is 0 Å². The van der Waals surface area contributed by atoms with Gasteiger partial charge >= 0.3 is 12.1 Å². The molecular weight excluding hydrogens is 484 g/mol. The quantitative estimate of drug-likeness (QED) is 0.403. The van der Waals surface area contributed by atoms with E-state index in [0.29, 0.717) is 0 Å². The summed E-state index contributed by atoms with van der Waals surface area (Å²) in [6, 6.07) is 4.99. The number of carbonyl (C=O) groups is 3. The van der Waals surface area contributed by atoms with E-state index in [1.807, 2.05) is 20.8 Å². The van der Waals surface area contributed by atoms with Gasteiger partial charge in [0.25, 0.3) is 0 Å². The number of hydrogen-bond donors (Lipinski definition) is 2. The van der Waals surface area contributed by atoms with Crippen LogP contribution in [0.5, 0.6) is 0 Å². The molecule has 1 aromatic rings. The molecule has 5 atom stereocenters. The van der Waals surface area contributed by atoms with E-state index in [0.717, 1.165) is 43.9 Å². The van der Waals surface area contributed by atoms with Crippen molar-refractivity contribution in [2.24, 2.45) is 11.3 Å². The molecule has 0 bridgehead atoms. The number of nitrogens with zero attached hydrogens (tertiary/aromatic N) is 1. The van der Waals surface area contributed by atoms with Crippen LogP contribution in [-0.2, 0) is 25.5 Å². The summed E-state index contributed by atoms with van der Waals surface area (Å²) in [6.45, 7) is 5.95. The first-order valence-corrected chi connectivity index (χ1v) is 13.9. The molecule has 4 rings (SSSR count). The van der Waals surface area contributed by atoms with Crippen LogP contribution >= 0.6 is 0 Å². The number of methoxy groups -OCH3 is 1. The second-order valence-electron chi connectivity index (χ2n) is 12.0. The van der Waals surface area contributed by atoms with E-state index < -0.39 is 35.5 Å². The highest BCUT2D eigenvalue weighted by atomic mass is 16.5. The number of fused-ring (bicyclic) bond motifs is 3. The number of carboxylic acids is 1. The van der Waals surface area contributed by atoms with Gasteiger partial charge in [-0.2, -0.15) is 0 Å². The number of amides is 2. The molecule has 0 aromatic heterocycles. The van der Waals surface area contributed by atoms with Crippen LogP contribution in [0.15, 0.2) is 24.3 Å². The Morgan fingerprint density at radius 3 is 2.61 bits per heavy atom. The maximum atomic E-state index is 13.3. The van der Waals surface area contributed by atoms with E-state index in [1.165, 1.54) is 35.1 Å². The number of benzene rings is 1. The maximum absolute atomic E-state index is 13.3. The molecule has 2 amide bonds. The zero-order chi connectivity index (χ0) is 27.4. The lowest BCUT2D eigenvalue weighted by Gasteiger charge is -2.34. The fraction of sp³-hybridized carbons (Fsp3) is 0.633. The molecule has 1 saturated heterocycles. The molecule has 0 spiro atoms. The molecule has 1 heterocycles. The standard InChI is InChI=1S/C30H42N2O6/c1-30(2,3)26(27(33)32-18-22(37-4)17-25(32)28(34)35)31-29(36)38-14-8-6-5-7-9-19-10-11-20-12-13-21-16-24(21)23(20)15-19/h10-13,15,21-22,24-26H,5-9,14,16-18H2,1-4H3,(H,31,36)(H,34,35)/t21?,22-,24?,25-,26+/m0/s1. The molecule has 208 valence electrons. The molecule has 8 nitrogen and oxygen atoms in total. The molecule has 2 unspecified atom stereocenters. The highest BCUT2D eigenvalue weighted by Gasteiger charge is 2.45. The minimum Gasteiger partial charge on any atom is -0.480 e.